The molecule has 0 radical (unpaired) electrons. The van der Waals surface area contributed by atoms with Crippen molar-refractivity contribution in [1.82, 2.24) is 9.55 Å². The van der Waals surface area contributed by atoms with Crippen LogP contribution in [0.3, 0.4) is 0 Å². The van der Waals surface area contributed by atoms with Gasteiger partial charge in [0.05, 0.1) is 30.4 Å². The Morgan fingerprint density at radius 3 is 2.37 bits per heavy atom. The minimum atomic E-state index is -4.43. The molecule has 0 spiro atoms. The second-order valence-electron chi connectivity index (χ2n) is 5.66. The molecule has 1 unspecified atom stereocenters. The number of amides is 1. The third-order valence-electron chi connectivity index (χ3n) is 4.05. The summed E-state index contributed by atoms with van der Waals surface area (Å²) in [6, 6.07) is 4.43. The quantitative estimate of drug-likeness (QED) is 0.450. The summed E-state index contributed by atoms with van der Waals surface area (Å²) in [5, 5.41) is 4.01. The van der Waals surface area contributed by atoms with Crippen molar-refractivity contribution in [1.29, 1.82) is 0 Å². The largest absolute Gasteiger partial charge is 0.416 e. The first kappa shape index (κ1) is 20.3. The van der Waals surface area contributed by atoms with Crippen LogP contribution in [0.5, 0.6) is 0 Å². The smallest absolute Gasteiger partial charge is 0.358 e. The van der Waals surface area contributed by atoms with Crippen molar-refractivity contribution in [2.24, 2.45) is 0 Å². The van der Waals surface area contributed by atoms with E-state index >= 15 is 0 Å². The second kappa shape index (κ2) is 7.92. The lowest BCUT2D eigenvalue weighted by atomic mass is 10.1. The van der Waals surface area contributed by atoms with E-state index in [0.717, 1.165) is 12.1 Å². The fraction of sp³-hybridized carbons (Fsp3) is 0.267. The Balaban J connectivity index is 1.78. The number of carbonyl (C=O) groups excluding carboxylic acids is 1. The predicted octanol–water partition coefficient (Wildman–Crippen LogP) is 3.56. The molecule has 144 valence electrons. The van der Waals surface area contributed by atoms with Gasteiger partial charge in [0.1, 0.15) is 5.02 Å². The fourth-order valence-corrected chi connectivity index (χ4v) is 4.33. The lowest BCUT2D eigenvalue weighted by molar-refractivity contribution is -0.137. The fourth-order valence-electron chi connectivity index (χ4n) is 2.69. The first-order valence-electron chi connectivity index (χ1n) is 7.59. The highest BCUT2D eigenvalue weighted by atomic mass is 127. The number of hydrogen-bond donors (Lipinski definition) is 0. The van der Waals surface area contributed by atoms with Crippen LogP contribution in [0.4, 0.5) is 24.5 Å². The number of hydrogen-bond acceptors (Lipinski definition) is 4. The highest BCUT2D eigenvalue weighted by Gasteiger charge is 2.31. The lowest BCUT2D eigenvalue weighted by Crippen LogP contribution is -2.51. The molecular weight excluding hydrogens is 519 g/mol. The van der Waals surface area contributed by atoms with Gasteiger partial charge in [-0.15, -0.1) is 0 Å². The van der Waals surface area contributed by atoms with Crippen LogP contribution in [-0.4, -0.2) is 35.1 Å². The molecule has 1 fully saturated rings. The maximum Gasteiger partial charge on any atom is 0.416 e. The molecule has 3 rings (SSSR count). The van der Waals surface area contributed by atoms with Gasteiger partial charge in [-0.3, -0.25) is 9.59 Å². The molecule has 1 saturated heterocycles. The van der Waals surface area contributed by atoms with Crippen LogP contribution in [0.2, 0.25) is 5.02 Å². The molecule has 1 atom stereocenters. The number of rotatable bonds is 3. The minimum absolute atomic E-state index is 0.00931. The third-order valence-corrected chi connectivity index (χ3v) is 6.25. The number of nitrogens with zero attached hydrogens (tertiary/aromatic N) is 4. The summed E-state index contributed by atoms with van der Waals surface area (Å²) in [5.74, 6) is -0.308. The monoisotopic (exact) mass is 530 g/mol. The van der Waals surface area contributed by atoms with Gasteiger partial charge in [-0.2, -0.15) is 18.3 Å². The van der Waals surface area contributed by atoms with Crippen molar-refractivity contribution in [3.05, 3.63) is 51.4 Å². The normalized spacial score (nSPS) is 15.8. The van der Waals surface area contributed by atoms with Crippen LogP contribution in [0, 0.1) is 0 Å². The van der Waals surface area contributed by atoms with E-state index in [1.807, 2.05) is 22.0 Å². The predicted molar refractivity (Wildman–Crippen MR) is 107 cm³/mol. The summed E-state index contributed by atoms with van der Waals surface area (Å²) in [6.45, 7) is 0.556. The molecule has 1 aliphatic rings. The molecule has 0 saturated carbocycles. The van der Waals surface area contributed by atoms with Crippen LogP contribution >= 0.6 is 40.0 Å². The summed E-state index contributed by atoms with van der Waals surface area (Å²) in [6.07, 6.45) is -2.88. The van der Waals surface area contributed by atoms with E-state index in [2.05, 4.69) is 5.10 Å². The average molecular weight is 531 g/mol. The van der Waals surface area contributed by atoms with E-state index < -0.39 is 17.3 Å². The summed E-state index contributed by atoms with van der Waals surface area (Å²) < 4.78 is 39.2. The van der Waals surface area contributed by atoms with Gasteiger partial charge in [-0.05, 0) is 46.3 Å². The Morgan fingerprint density at radius 1 is 1.15 bits per heavy atom. The maximum absolute atomic E-state index is 12.7. The van der Waals surface area contributed by atoms with Gasteiger partial charge in [-0.25, -0.2) is 4.45 Å². The van der Waals surface area contributed by atoms with Crippen molar-refractivity contribution >= 4 is 57.3 Å². The Morgan fingerprint density at radius 2 is 1.81 bits per heavy atom. The van der Waals surface area contributed by atoms with E-state index in [-0.39, 0.29) is 30.4 Å². The summed E-state index contributed by atoms with van der Waals surface area (Å²) >= 11 is 8.13. The summed E-state index contributed by atoms with van der Waals surface area (Å²) in [4.78, 5) is 27.6. The number of piperazine rings is 1. The third kappa shape index (κ3) is 4.22. The molecule has 0 bridgehead atoms. The SMILES string of the molecule is O=C1CN(c2cnn(PI)c(=O)c2Cl)CCN1c1ccc(C(F)(F)F)cc1. The van der Waals surface area contributed by atoms with E-state index in [9.17, 15) is 22.8 Å². The number of carbonyl (C=O) groups is 1. The lowest BCUT2D eigenvalue weighted by Gasteiger charge is -2.35. The molecule has 1 amide bonds. The van der Waals surface area contributed by atoms with Crippen LogP contribution < -0.4 is 15.4 Å². The van der Waals surface area contributed by atoms with E-state index in [4.69, 9.17) is 11.6 Å². The minimum Gasteiger partial charge on any atom is -0.358 e. The molecule has 1 aromatic heterocycles. The maximum atomic E-state index is 12.7. The van der Waals surface area contributed by atoms with Gasteiger partial charge in [-0.1, -0.05) is 11.6 Å². The highest BCUT2D eigenvalue weighted by Crippen LogP contribution is 2.31. The Hall–Kier alpha value is -1.39. The number of anilines is 2. The highest BCUT2D eigenvalue weighted by molar-refractivity contribution is 14.2. The molecule has 1 aromatic carbocycles. The van der Waals surface area contributed by atoms with Gasteiger partial charge in [0, 0.05) is 18.8 Å². The van der Waals surface area contributed by atoms with Gasteiger partial charge >= 0.3 is 6.18 Å². The molecule has 2 heterocycles. The molecule has 0 aliphatic carbocycles. The topological polar surface area (TPSA) is 58.4 Å². The van der Waals surface area contributed by atoms with E-state index in [1.54, 1.807) is 4.90 Å². The van der Waals surface area contributed by atoms with Gasteiger partial charge in [0.15, 0.2) is 0 Å². The zero-order chi connectivity index (χ0) is 19.8. The number of benzene rings is 1. The zero-order valence-corrected chi connectivity index (χ0v) is 17.4. The van der Waals surface area contributed by atoms with Gasteiger partial charge in [0.2, 0.25) is 5.91 Å². The second-order valence-corrected chi connectivity index (χ2v) is 8.07. The van der Waals surface area contributed by atoms with Crippen molar-refractivity contribution in [3.8, 4) is 0 Å². The van der Waals surface area contributed by atoms with E-state index in [0.29, 0.717) is 17.9 Å². The van der Waals surface area contributed by atoms with Crippen LogP contribution in [0.25, 0.3) is 0 Å². The van der Waals surface area contributed by atoms with Gasteiger partial charge in [0.25, 0.3) is 5.56 Å². The first-order chi connectivity index (χ1) is 12.7. The molecule has 12 heteroatoms. The van der Waals surface area contributed by atoms with Gasteiger partial charge < -0.3 is 9.80 Å². The van der Waals surface area contributed by atoms with Crippen molar-refractivity contribution in [3.63, 3.8) is 0 Å². The molecular formula is C15H12ClF3IN4O2P. The molecule has 0 N–H and O–H groups in total. The number of alkyl halides is 3. The number of halogens is 5. The van der Waals surface area contributed by atoms with E-state index in [1.165, 1.54) is 27.7 Å². The average Bonchev–Trinajstić information content (AvgIpc) is 2.63. The van der Waals surface area contributed by atoms with Crippen LogP contribution in [-0.2, 0) is 11.0 Å². The molecule has 6 nitrogen and oxygen atoms in total. The Kier molecular flexibility index (Phi) is 5.97. The standard InChI is InChI=1S/C15H12ClF3IN4O2P/c16-13-11(7-21-24(27-20)14(13)26)22-5-6-23(12(25)8-22)10-3-1-9(2-4-10)15(17,18)19/h1-4,7,27H,5-6,8H2. The van der Waals surface area contributed by atoms with Crippen LogP contribution in [0.15, 0.2) is 35.3 Å². The molecule has 2 aromatic rings. The van der Waals surface area contributed by atoms with Crippen molar-refractivity contribution < 1.29 is 18.0 Å². The first-order valence-corrected chi connectivity index (χ1v) is 12.0. The van der Waals surface area contributed by atoms with Crippen LogP contribution in [0.1, 0.15) is 5.56 Å². The zero-order valence-electron chi connectivity index (χ0n) is 13.5. The van der Waals surface area contributed by atoms with Crippen molar-refractivity contribution in [2.75, 3.05) is 29.4 Å². The Bertz CT molecular complexity index is 923. The Labute approximate surface area is 171 Å². The summed E-state index contributed by atoms with van der Waals surface area (Å²) in [7, 11) is 0. The molecule has 1 aliphatic heterocycles. The number of aromatic nitrogens is 2. The van der Waals surface area contributed by atoms with Crippen molar-refractivity contribution in [2.45, 2.75) is 6.18 Å². The summed E-state index contributed by atoms with van der Waals surface area (Å²) in [5.41, 5.74) is -0.447. The molecule has 27 heavy (non-hydrogen) atoms.